The third-order valence-corrected chi connectivity index (χ3v) is 4.33. The molecule has 0 fully saturated rings. The van der Waals surface area contributed by atoms with Crippen molar-refractivity contribution >= 4 is 17.4 Å². The van der Waals surface area contributed by atoms with Crippen molar-refractivity contribution in [2.24, 2.45) is 5.10 Å². The van der Waals surface area contributed by atoms with Gasteiger partial charge in [-0.25, -0.2) is 9.99 Å². The number of nitrogen functional groups attached to an aromatic ring is 1. The average Bonchev–Trinajstić information content (AvgIpc) is 3.00. The molecule has 29 heavy (non-hydrogen) atoms. The molecule has 8 nitrogen and oxygen atoms in total. The van der Waals surface area contributed by atoms with Crippen LogP contribution in [0.2, 0.25) is 0 Å². The molecular weight excluding hydrogens is 391 g/mol. The van der Waals surface area contributed by atoms with E-state index < -0.39 is 6.36 Å². The fourth-order valence-corrected chi connectivity index (χ4v) is 2.80. The van der Waals surface area contributed by atoms with E-state index in [2.05, 4.69) is 14.8 Å². The van der Waals surface area contributed by atoms with Crippen molar-refractivity contribution in [3.63, 3.8) is 0 Å². The van der Waals surface area contributed by atoms with Crippen LogP contribution in [0.4, 0.5) is 19.0 Å². The SMILES string of the molecule is Cc1c(N)ncn(CC2=NN(CCc3ccc(OC(F)(F)F)cc3)C(=O)C2)c1=O. The van der Waals surface area contributed by atoms with Gasteiger partial charge < -0.3 is 10.5 Å². The molecule has 3 rings (SSSR count). The fourth-order valence-electron chi connectivity index (χ4n) is 2.80. The van der Waals surface area contributed by atoms with Crippen molar-refractivity contribution < 1.29 is 22.7 Å². The van der Waals surface area contributed by atoms with Gasteiger partial charge in [0.2, 0.25) is 5.91 Å². The van der Waals surface area contributed by atoms with Gasteiger partial charge in [-0.3, -0.25) is 14.2 Å². The van der Waals surface area contributed by atoms with Crippen LogP contribution in [-0.4, -0.2) is 39.1 Å². The third-order valence-electron chi connectivity index (χ3n) is 4.33. The van der Waals surface area contributed by atoms with Crippen molar-refractivity contribution in [2.45, 2.75) is 32.7 Å². The van der Waals surface area contributed by atoms with Crippen molar-refractivity contribution in [3.05, 3.63) is 52.1 Å². The van der Waals surface area contributed by atoms with Gasteiger partial charge in [-0.2, -0.15) is 5.10 Å². The lowest BCUT2D eigenvalue weighted by molar-refractivity contribution is -0.274. The Hall–Kier alpha value is -3.37. The molecular formula is C18H18F3N5O3. The molecule has 154 valence electrons. The Kier molecular flexibility index (Phi) is 5.57. The maximum absolute atomic E-state index is 12.2. The van der Waals surface area contributed by atoms with Gasteiger partial charge in [-0.1, -0.05) is 12.1 Å². The first kappa shape index (κ1) is 20.4. The first-order valence-corrected chi connectivity index (χ1v) is 8.65. The van der Waals surface area contributed by atoms with Gasteiger partial charge in [0, 0.05) is 6.54 Å². The normalized spacial score (nSPS) is 14.3. The molecule has 0 radical (unpaired) electrons. The highest BCUT2D eigenvalue weighted by molar-refractivity contribution is 6.04. The number of rotatable bonds is 6. The van der Waals surface area contributed by atoms with E-state index in [0.29, 0.717) is 17.7 Å². The monoisotopic (exact) mass is 409 g/mol. The molecule has 0 spiro atoms. The molecule has 0 unspecified atom stereocenters. The summed E-state index contributed by atoms with van der Waals surface area (Å²) in [6, 6.07) is 5.42. The summed E-state index contributed by atoms with van der Waals surface area (Å²) >= 11 is 0. The summed E-state index contributed by atoms with van der Waals surface area (Å²) in [6.45, 7) is 1.95. The Morgan fingerprint density at radius 1 is 1.21 bits per heavy atom. The standard InChI is InChI=1S/C18H18F3N5O3/c1-11-16(22)23-10-25(17(11)28)9-13-8-15(27)26(24-13)7-6-12-2-4-14(5-3-12)29-18(19,20)21/h2-5,10H,6-9,22H2,1H3. The molecule has 2 N–H and O–H groups in total. The highest BCUT2D eigenvalue weighted by Crippen LogP contribution is 2.23. The lowest BCUT2D eigenvalue weighted by Crippen LogP contribution is -2.27. The molecule has 1 aromatic heterocycles. The lowest BCUT2D eigenvalue weighted by atomic mass is 10.1. The number of amides is 1. The van der Waals surface area contributed by atoms with Gasteiger partial charge in [0.25, 0.3) is 5.56 Å². The Morgan fingerprint density at radius 3 is 2.55 bits per heavy atom. The van der Waals surface area contributed by atoms with E-state index in [1.54, 1.807) is 6.92 Å². The van der Waals surface area contributed by atoms with Crippen LogP contribution in [0.25, 0.3) is 0 Å². The number of hydrazone groups is 1. The molecule has 11 heteroatoms. The summed E-state index contributed by atoms with van der Waals surface area (Å²) in [5.74, 6) is -0.370. The second-order valence-electron chi connectivity index (χ2n) is 6.49. The zero-order valence-corrected chi connectivity index (χ0v) is 15.4. The number of carbonyl (C=O) groups excluding carboxylic acids is 1. The number of ether oxygens (including phenoxy) is 1. The van der Waals surface area contributed by atoms with Crippen LogP contribution < -0.4 is 16.0 Å². The summed E-state index contributed by atoms with van der Waals surface area (Å²) in [5, 5.41) is 5.54. The number of hydrogen-bond donors (Lipinski definition) is 1. The summed E-state index contributed by atoms with van der Waals surface area (Å²) < 4.78 is 41.7. The van der Waals surface area contributed by atoms with Gasteiger partial charge in [0.15, 0.2) is 0 Å². The lowest BCUT2D eigenvalue weighted by Gasteiger charge is -2.12. The second-order valence-corrected chi connectivity index (χ2v) is 6.49. The Morgan fingerprint density at radius 2 is 1.90 bits per heavy atom. The highest BCUT2D eigenvalue weighted by Gasteiger charge is 2.31. The van der Waals surface area contributed by atoms with E-state index in [1.807, 2.05) is 0 Å². The molecule has 0 aliphatic carbocycles. The summed E-state index contributed by atoms with van der Waals surface area (Å²) in [4.78, 5) is 28.3. The van der Waals surface area contributed by atoms with Gasteiger partial charge in [0.05, 0.1) is 24.2 Å². The smallest absolute Gasteiger partial charge is 0.406 e. The Balaban J connectivity index is 1.61. The number of benzene rings is 1. The van der Waals surface area contributed by atoms with Crippen LogP contribution in [0.3, 0.4) is 0 Å². The van der Waals surface area contributed by atoms with Gasteiger partial charge >= 0.3 is 6.36 Å². The van der Waals surface area contributed by atoms with E-state index in [9.17, 15) is 22.8 Å². The van der Waals surface area contributed by atoms with E-state index in [1.165, 1.54) is 40.2 Å². The number of anilines is 1. The predicted octanol–water partition coefficient (Wildman–Crippen LogP) is 1.86. The molecule has 0 saturated heterocycles. The minimum atomic E-state index is -4.74. The Bertz CT molecular complexity index is 999. The van der Waals surface area contributed by atoms with Gasteiger partial charge in [-0.15, -0.1) is 13.2 Å². The van der Waals surface area contributed by atoms with Crippen LogP contribution in [0.5, 0.6) is 5.75 Å². The van der Waals surface area contributed by atoms with E-state index >= 15 is 0 Å². The molecule has 1 amide bonds. The van der Waals surface area contributed by atoms with Crippen molar-refractivity contribution in [1.29, 1.82) is 0 Å². The summed E-state index contributed by atoms with van der Waals surface area (Å²) in [6.07, 6.45) is -2.95. The summed E-state index contributed by atoms with van der Waals surface area (Å²) in [5.41, 5.74) is 6.86. The molecule has 1 aliphatic heterocycles. The zero-order chi connectivity index (χ0) is 21.2. The number of halogens is 3. The first-order chi connectivity index (χ1) is 13.6. The zero-order valence-electron chi connectivity index (χ0n) is 15.4. The van der Waals surface area contributed by atoms with Crippen LogP contribution in [0.15, 0.2) is 40.5 Å². The molecule has 2 heterocycles. The quantitative estimate of drug-likeness (QED) is 0.785. The second kappa shape index (κ2) is 7.94. The molecule has 0 bridgehead atoms. The van der Waals surface area contributed by atoms with Gasteiger partial charge in [0.1, 0.15) is 17.9 Å². The average molecular weight is 409 g/mol. The topological polar surface area (TPSA) is 103 Å². The van der Waals surface area contributed by atoms with E-state index in [0.717, 1.165) is 5.56 Å². The number of aromatic nitrogens is 2. The summed E-state index contributed by atoms with van der Waals surface area (Å²) in [7, 11) is 0. The molecule has 1 aliphatic rings. The third kappa shape index (κ3) is 5.12. The van der Waals surface area contributed by atoms with E-state index in [-0.39, 0.29) is 42.5 Å². The maximum atomic E-state index is 12.2. The minimum absolute atomic E-state index is 0.0776. The number of carbonyl (C=O) groups is 1. The van der Waals surface area contributed by atoms with Crippen molar-refractivity contribution in [3.8, 4) is 5.75 Å². The maximum Gasteiger partial charge on any atom is 0.573 e. The van der Waals surface area contributed by atoms with Gasteiger partial charge in [-0.05, 0) is 31.0 Å². The molecule has 2 aromatic rings. The highest BCUT2D eigenvalue weighted by atomic mass is 19.4. The van der Waals surface area contributed by atoms with E-state index in [4.69, 9.17) is 5.73 Å². The molecule has 1 aromatic carbocycles. The van der Waals surface area contributed by atoms with Crippen LogP contribution in [0, 0.1) is 6.92 Å². The van der Waals surface area contributed by atoms with Crippen molar-refractivity contribution in [2.75, 3.05) is 12.3 Å². The number of hydrogen-bond acceptors (Lipinski definition) is 6. The van der Waals surface area contributed by atoms with Crippen molar-refractivity contribution in [1.82, 2.24) is 14.6 Å². The van der Waals surface area contributed by atoms with Crippen LogP contribution >= 0.6 is 0 Å². The fraction of sp³-hybridized carbons (Fsp3) is 0.333. The number of alkyl halides is 3. The number of nitrogens with zero attached hydrogens (tertiary/aromatic N) is 4. The number of nitrogens with two attached hydrogens (primary N) is 1. The molecule has 0 atom stereocenters. The van der Waals surface area contributed by atoms with Crippen LogP contribution in [-0.2, 0) is 17.8 Å². The Labute approximate surface area is 163 Å². The molecule has 0 saturated carbocycles. The largest absolute Gasteiger partial charge is 0.573 e. The first-order valence-electron chi connectivity index (χ1n) is 8.65. The minimum Gasteiger partial charge on any atom is -0.406 e. The van der Waals surface area contributed by atoms with Crippen LogP contribution in [0.1, 0.15) is 17.5 Å². The predicted molar refractivity (Wildman–Crippen MR) is 98.2 cm³/mol.